The summed E-state index contributed by atoms with van der Waals surface area (Å²) in [5, 5.41) is 9.25. The zero-order valence-corrected chi connectivity index (χ0v) is 11.4. The molecule has 2 rings (SSSR count). The molecule has 1 aromatic heterocycles. The number of rotatable bonds is 2. The van der Waals surface area contributed by atoms with Crippen molar-refractivity contribution in [3.8, 4) is 0 Å². The molecular formula is C14H15F2N3O. The van der Waals surface area contributed by atoms with Gasteiger partial charge in [0.2, 0.25) is 0 Å². The molecule has 0 spiro atoms. The molecule has 2 aromatic rings. The molecule has 0 aliphatic heterocycles. The van der Waals surface area contributed by atoms with Crippen LogP contribution in [-0.2, 0) is 5.41 Å². The van der Waals surface area contributed by atoms with Crippen molar-refractivity contribution in [3.05, 3.63) is 47.2 Å². The zero-order chi connectivity index (χ0) is 14.9. The summed E-state index contributed by atoms with van der Waals surface area (Å²) >= 11 is 0. The Morgan fingerprint density at radius 1 is 1.15 bits per heavy atom. The molecule has 6 heteroatoms. The predicted octanol–water partition coefficient (Wildman–Crippen LogP) is 3.24. The van der Waals surface area contributed by atoms with Crippen LogP contribution in [0.25, 0.3) is 0 Å². The van der Waals surface area contributed by atoms with Crippen molar-refractivity contribution in [3.63, 3.8) is 0 Å². The van der Waals surface area contributed by atoms with Gasteiger partial charge in [-0.15, -0.1) is 0 Å². The monoisotopic (exact) mass is 279 g/mol. The van der Waals surface area contributed by atoms with Crippen LogP contribution < -0.4 is 5.32 Å². The highest BCUT2D eigenvalue weighted by Gasteiger charge is 2.18. The second-order valence-electron chi connectivity index (χ2n) is 5.53. The van der Waals surface area contributed by atoms with Gasteiger partial charge in [-0.05, 0) is 12.1 Å². The summed E-state index contributed by atoms with van der Waals surface area (Å²) in [5.74, 6) is -1.90. The van der Waals surface area contributed by atoms with Gasteiger partial charge in [0, 0.05) is 28.8 Å². The lowest BCUT2D eigenvalue weighted by Gasteiger charge is -2.14. The van der Waals surface area contributed by atoms with Gasteiger partial charge in [-0.2, -0.15) is 5.10 Å². The molecule has 1 heterocycles. The Hall–Kier alpha value is -2.24. The molecule has 0 radical (unpaired) electrons. The Labute approximate surface area is 115 Å². The van der Waals surface area contributed by atoms with E-state index < -0.39 is 17.5 Å². The van der Waals surface area contributed by atoms with Gasteiger partial charge in [-0.3, -0.25) is 9.89 Å². The summed E-state index contributed by atoms with van der Waals surface area (Å²) in [6.07, 6.45) is 0. The summed E-state index contributed by atoms with van der Waals surface area (Å²) < 4.78 is 26.1. The second-order valence-corrected chi connectivity index (χ2v) is 5.53. The standard InChI is InChI=1S/C14H15F2N3O/c1-14(2,3)11-7-12(19-18-11)17-13(20)8-4-9(15)6-10(16)5-8/h4-7H,1-3H3,(H2,17,18,19,20). The van der Waals surface area contributed by atoms with Crippen molar-refractivity contribution < 1.29 is 13.6 Å². The molecule has 0 aliphatic carbocycles. The molecule has 106 valence electrons. The van der Waals surface area contributed by atoms with Crippen molar-refractivity contribution in [1.29, 1.82) is 0 Å². The van der Waals surface area contributed by atoms with E-state index in [1.165, 1.54) is 0 Å². The third kappa shape index (κ3) is 3.20. The lowest BCUT2D eigenvalue weighted by Crippen LogP contribution is -2.13. The van der Waals surface area contributed by atoms with Gasteiger partial charge in [0.1, 0.15) is 11.6 Å². The first-order valence-corrected chi connectivity index (χ1v) is 6.09. The Morgan fingerprint density at radius 3 is 2.25 bits per heavy atom. The summed E-state index contributed by atoms with van der Waals surface area (Å²) in [6, 6.07) is 4.34. The van der Waals surface area contributed by atoms with E-state index in [0.717, 1.165) is 17.8 Å². The summed E-state index contributed by atoms with van der Waals surface area (Å²) in [6.45, 7) is 5.98. The van der Waals surface area contributed by atoms with E-state index in [2.05, 4.69) is 15.5 Å². The Bertz CT molecular complexity index is 624. The van der Waals surface area contributed by atoms with Crippen LogP contribution in [0.4, 0.5) is 14.6 Å². The zero-order valence-electron chi connectivity index (χ0n) is 11.4. The Balaban J connectivity index is 2.17. The average Bonchev–Trinajstić information content (AvgIpc) is 2.75. The lowest BCUT2D eigenvalue weighted by atomic mass is 9.92. The molecule has 0 aliphatic rings. The fourth-order valence-electron chi connectivity index (χ4n) is 1.64. The van der Waals surface area contributed by atoms with Crippen molar-refractivity contribution in [1.82, 2.24) is 10.2 Å². The van der Waals surface area contributed by atoms with Crippen LogP contribution in [0, 0.1) is 11.6 Å². The van der Waals surface area contributed by atoms with Gasteiger partial charge in [0.15, 0.2) is 5.82 Å². The maximum absolute atomic E-state index is 13.0. The number of carbonyl (C=O) groups is 1. The number of halogens is 2. The average molecular weight is 279 g/mol. The molecule has 4 nitrogen and oxygen atoms in total. The third-order valence-electron chi connectivity index (χ3n) is 2.75. The number of hydrogen-bond acceptors (Lipinski definition) is 2. The third-order valence-corrected chi connectivity index (χ3v) is 2.75. The molecule has 0 saturated carbocycles. The van der Waals surface area contributed by atoms with E-state index >= 15 is 0 Å². The molecule has 1 aromatic carbocycles. The molecule has 0 bridgehead atoms. The van der Waals surface area contributed by atoms with Crippen LogP contribution >= 0.6 is 0 Å². The number of carbonyl (C=O) groups excluding carboxylic acids is 1. The molecule has 0 fully saturated rings. The SMILES string of the molecule is CC(C)(C)c1cc(NC(=O)c2cc(F)cc(F)c2)n[nH]1. The topological polar surface area (TPSA) is 57.8 Å². The van der Waals surface area contributed by atoms with E-state index in [4.69, 9.17) is 0 Å². The summed E-state index contributed by atoms with van der Waals surface area (Å²) in [7, 11) is 0. The first-order valence-electron chi connectivity index (χ1n) is 6.09. The van der Waals surface area contributed by atoms with E-state index in [1.54, 1.807) is 6.07 Å². The van der Waals surface area contributed by atoms with E-state index in [1.807, 2.05) is 20.8 Å². The number of anilines is 1. The second kappa shape index (κ2) is 5.03. The first-order chi connectivity index (χ1) is 9.25. The minimum atomic E-state index is -0.799. The lowest BCUT2D eigenvalue weighted by molar-refractivity contribution is 0.102. The smallest absolute Gasteiger partial charge is 0.257 e. The fourth-order valence-corrected chi connectivity index (χ4v) is 1.64. The molecule has 1 amide bonds. The number of amides is 1. The predicted molar refractivity (Wildman–Crippen MR) is 71.6 cm³/mol. The molecule has 0 saturated heterocycles. The number of nitrogens with one attached hydrogen (secondary N) is 2. The number of hydrogen-bond donors (Lipinski definition) is 2. The summed E-state index contributed by atoms with van der Waals surface area (Å²) in [5.41, 5.74) is 0.613. The fraction of sp³-hybridized carbons (Fsp3) is 0.286. The highest BCUT2D eigenvalue weighted by Crippen LogP contribution is 2.22. The van der Waals surface area contributed by atoms with Gasteiger partial charge in [0.25, 0.3) is 5.91 Å². The number of benzene rings is 1. The van der Waals surface area contributed by atoms with Crippen LogP contribution in [0.2, 0.25) is 0 Å². The molecule has 0 unspecified atom stereocenters. The van der Waals surface area contributed by atoms with Gasteiger partial charge < -0.3 is 5.32 Å². The highest BCUT2D eigenvalue weighted by molar-refractivity contribution is 6.03. The Kier molecular flexibility index (Phi) is 3.57. The minimum Gasteiger partial charge on any atom is -0.305 e. The number of nitrogens with zero attached hydrogens (tertiary/aromatic N) is 1. The van der Waals surface area contributed by atoms with Crippen LogP contribution in [-0.4, -0.2) is 16.1 Å². The van der Waals surface area contributed by atoms with Gasteiger partial charge in [-0.25, -0.2) is 8.78 Å². The first kappa shape index (κ1) is 14.2. The largest absolute Gasteiger partial charge is 0.305 e. The molecule has 0 atom stereocenters. The van der Waals surface area contributed by atoms with Crippen LogP contribution in [0.5, 0.6) is 0 Å². The normalized spacial score (nSPS) is 11.4. The number of H-pyrrole nitrogens is 1. The molecule has 2 N–H and O–H groups in total. The van der Waals surface area contributed by atoms with Crippen molar-refractivity contribution >= 4 is 11.7 Å². The number of aromatic nitrogens is 2. The minimum absolute atomic E-state index is 0.0946. The van der Waals surface area contributed by atoms with Crippen molar-refractivity contribution in [2.75, 3.05) is 5.32 Å². The van der Waals surface area contributed by atoms with E-state index in [9.17, 15) is 13.6 Å². The molecular weight excluding hydrogens is 264 g/mol. The maximum atomic E-state index is 13.0. The van der Waals surface area contributed by atoms with Gasteiger partial charge in [-0.1, -0.05) is 20.8 Å². The highest BCUT2D eigenvalue weighted by atomic mass is 19.1. The van der Waals surface area contributed by atoms with Crippen LogP contribution in [0.3, 0.4) is 0 Å². The quantitative estimate of drug-likeness (QED) is 0.886. The molecule has 20 heavy (non-hydrogen) atoms. The van der Waals surface area contributed by atoms with Gasteiger partial charge >= 0.3 is 0 Å². The van der Waals surface area contributed by atoms with Crippen molar-refractivity contribution in [2.24, 2.45) is 0 Å². The Morgan fingerprint density at radius 2 is 1.75 bits per heavy atom. The van der Waals surface area contributed by atoms with Crippen molar-refractivity contribution in [2.45, 2.75) is 26.2 Å². The van der Waals surface area contributed by atoms with Crippen LogP contribution in [0.1, 0.15) is 36.8 Å². The van der Waals surface area contributed by atoms with Crippen LogP contribution in [0.15, 0.2) is 24.3 Å². The van der Waals surface area contributed by atoms with E-state index in [0.29, 0.717) is 11.9 Å². The van der Waals surface area contributed by atoms with Gasteiger partial charge in [0.05, 0.1) is 0 Å². The number of aromatic amines is 1. The maximum Gasteiger partial charge on any atom is 0.257 e. The summed E-state index contributed by atoms with van der Waals surface area (Å²) in [4.78, 5) is 11.9. The van der Waals surface area contributed by atoms with E-state index in [-0.39, 0.29) is 11.0 Å².